The monoisotopic (exact) mass is 570 g/mol. The molecule has 0 atom stereocenters. The van der Waals surface area contributed by atoms with Gasteiger partial charge in [-0.1, -0.05) is 11.6 Å². The van der Waals surface area contributed by atoms with Crippen molar-refractivity contribution in [3.8, 4) is 28.7 Å². The molecule has 0 radical (unpaired) electrons. The summed E-state index contributed by atoms with van der Waals surface area (Å²) in [5, 5.41) is 11.4. The zero-order valence-corrected chi connectivity index (χ0v) is 22.6. The lowest BCUT2D eigenvalue weighted by Gasteiger charge is -2.25. The lowest BCUT2D eigenvalue weighted by atomic mass is 10.1. The Morgan fingerprint density at radius 1 is 1.11 bits per heavy atom. The molecule has 0 aliphatic heterocycles. The lowest BCUT2D eigenvalue weighted by molar-refractivity contribution is 0.0608. The van der Waals surface area contributed by atoms with E-state index in [2.05, 4.69) is 19.9 Å². The van der Waals surface area contributed by atoms with Crippen LogP contribution in [0.2, 0.25) is 5.15 Å². The smallest absolute Gasteiger partial charge is 0.430 e. The van der Waals surface area contributed by atoms with Crippen molar-refractivity contribution in [2.24, 2.45) is 0 Å². The quantitative estimate of drug-likeness (QED) is 0.274. The fourth-order valence-corrected chi connectivity index (χ4v) is 5.20. The maximum atomic E-state index is 13.6. The summed E-state index contributed by atoms with van der Waals surface area (Å²) in [6, 6.07) is 7.10. The molecule has 4 rings (SSSR count). The first-order valence-electron chi connectivity index (χ1n) is 10.8. The van der Waals surface area contributed by atoms with E-state index < -0.39 is 21.7 Å². The van der Waals surface area contributed by atoms with E-state index in [1.54, 1.807) is 39.2 Å². The molecule has 0 N–H and O–H groups in total. The van der Waals surface area contributed by atoms with Gasteiger partial charge in [0.05, 0.1) is 22.2 Å². The summed E-state index contributed by atoms with van der Waals surface area (Å²) >= 11 is 7.17. The van der Waals surface area contributed by atoms with Crippen molar-refractivity contribution >= 4 is 44.9 Å². The molecule has 194 valence electrons. The number of sulfonamides is 1. The fraction of sp³-hybridized carbons (Fsp3) is 0.167. The van der Waals surface area contributed by atoms with Crippen LogP contribution in [0.1, 0.15) is 26.3 Å². The highest BCUT2D eigenvalue weighted by molar-refractivity contribution is 7.93. The number of hydrogen-bond acceptors (Lipinski definition) is 11. The van der Waals surface area contributed by atoms with Crippen molar-refractivity contribution in [1.29, 1.82) is 5.26 Å². The minimum atomic E-state index is -4.52. The minimum Gasteiger partial charge on any atom is -0.454 e. The summed E-state index contributed by atoms with van der Waals surface area (Å²) in [6.07, 6.45) is 4.70. The summed E-state index contributed by atoms with van der Waals surface area (Å²) in [6.45, 7) is 4.83. The highest BCUT2D eigenvalue weighted by Gasteiger charge is 2.36. The number of nitrogens with zero attached hydrogens (tertiary/aromatic N) is 6. The van der Waals surface area contributed by atoms with E-state index in [9.17, 15) is 18.5 Å². The molecule has 0 saturated carbocycles. The number of hydrogen-bond donors (Lipinski definition) is 0. The van der Waals surface area contributed by atoms with Crippen LogP contribution in [-0.2, 0) is 14.8 Å². The fourth-order valence-electron chi connectivity index (χ4n) is 3.16. The molecule has 0 unspecified atom stereocenters. The lowest BCUT2D eigenvalue weighted by Crippen LogP contribution is -2.41. The number of carbonyl (C=O) groups excluding carboxylic acids is 1. The van der Waals surface area contributed by atoms with Gasteiger partial charge in [0.1, 0.15) is 28.9 Å². The molecule has 4 aromatic rings. The van der Waals surface area contributed by atoms with E-state index in [1.807, 2.05) is 6.07 Å². The van der Waals surface area contributed by atoms with Crippen molar-refractivity contribution in [2.75, 3.05) is 4.31 Å². The van der Waals surface area contributed by atoms with Crippen LogP contribution in [0.15, 0.2) is 65.0 Å². The summed E-state index contributed by atoms with van der Waals surface area (Å²) in [5.74, 6) is 0.144. The van der Waals surface area contributed by atoms with E-state index in [4.69, 9.17) is 21.1 Å². The Hall–Kier alpha value is -4.12. The first-order chi connectivity index (χ1) is 18.0. The Labute approximate surface area is 227 Å². The number of thiazole rings is 1. The average molecular weight is 571 g/mol. The van der Waals surface area contributed by atoms with Gasteiger partial charge in [-0.3, -0.25) is 0 Å². The molecular weight excluding hydrogens is 552 g/mol. The topological polar surface area (TPSA) is 148 Å². The van der Waals surface area contributed by atoms with Gasteiger partial charge in [0, 0.05) is 28.9 Å². The summed E-state index contributed by atoms with van der Waals surface area (Å²) in [7, 11) is -4.52. The van der Waals surface area contributed by atoms with E-state index in [-0.39, 0.29) is 32.9 Å². The van der Waals surface area contributed by atoms with Crippen molar-refractivity contribution < 1.29 is 22.7 Å². The Morgan fingerprint density at radius 3 is 2.47 bits per heavy atom. The van der Waals surface area contributed by atoms with Crippen molar-refractivity contribution in [1.82, 2.24) is 19.9 Å². The second kappa shape index (κ2) is 10.7. The van der Waals surface area contributed by atoms with Crippen LogP contribution in [-0.4, -0.2) is 40.0 Å². The van der Waals surface area contributed by atoms with Crippen LogP contribution in [0.5, 0.6) is 11.5 Å². The minimum absolute atomic E-state index is 0.0474. The van der Waals surface area contributed by atoms with Gasteiger partial charge < -0.3 is 9.47 Å². The van der Waals surface area contributed by atoms with E-state index in [1.165, 1.54) is 35.5 Å². The number of rotatable bonds is 6. The van der Waals surface area contributed by atoms with Gasteiger partial charge in [-0.25, -0.2) is 33.1 Å². The Kier molecular flexibility index (Phi) is 7.58. The van der Waals surface area contributed by atoms with Gasteiger partial charge in [-0.15, -0.1) is 15.6 Å². The summed E-state index contributed by atoms with van der Waals surface area (Å²) < 4.78 is 38.9. The largest absolute Gasteiger partial charge is 0.454 e. The highest BCUT2D eigenvalue weighted by Crippen LogP contribution is 2.36. The third kappa shape index (κ3) is 5.88. The van der Waals surface area contributed by atoms with E-state index in [0.717, 1.165) is 17.4 Å². The molecule has 14 heteroatoms. The zero-order chi connectivity index (χ0) is 27.5. The molecule has 38 heavy (non-hydrogen) atoms. The molecule has 0 aliphatic rings. The van der Waals surface area contributed by atoms with Gasteiger partial charge >= 0.3 is 6.09 Å². The third-order valence-corrected chi connectivity index (χ3v) is 7.17. The number of carbonyl (C=O) groups is 1. The molecule has 3 aromatic heterocycles. The molecule has 0 aliphatic carbocycles. The number of anilines is 1. The SMILES string of the molecule is CC(C)(C)OC(=O)N(c1cscn1)S(=O)(=O)c1ccc(Oc2cnc(Cl)cc2-c2cncnc2)c(C#N)c1. The van der Waals surface area contributed by atoms with Gasteiger partial charge in [0.15, 0.2) is 11.6 Å². The van der Waals surface area contributed by atoms with Crippen LogP contribution in [0.4, 0.5) is 10.6 Å². The predicted molar refractivity (Wildman–Crippen MR) is 140 cm³/mol. The number of benzene rings is 1. The normalized spacial score (nSPS) is 11.4. The average Bonchev–Trinajstić information content (AvgIpc) is 3.38. The Bertz CT molecular complexity index is 1620. The number of aromatic nitrogens is 4. The Balaban J connectivity index is 1.73. The number of halogens is 1. The van der Waals surface area contributed by atoms with E-state index in [0.29, 0.717) is 15.4 Å². The molecule has 0 fully saturated rings. The predicted octanol–water partition coefficient (Wildman–Crippen LogP) is 5.44. The van der Waals surface area contributed by atoms with Crippen LogP contribution in [0, 0.1) is 11.3 Å². The number of amides is 1. The van der Waals surface area contributed by atoms with Gasteiger partial charge in [-0.2, -0.15) is 5.26 Å². The van der Waals surface area contributed by atoms with Gasteiger partial charge in [0.2, 0.25) is 0 Å². The highest BCUT2D eigenvalue weighted by atomic mass is 35.5. The molecule has 11 nitrogen and oxygen atoms in total. The van der Waals surface area contributed by atoms with Gasteiger partial charge in [-0.05, 0) is 45.0 Å². The first kappa shape index (κ1) is 26.9. The van der Waals surface area contributed by atoms with Crippen molar-refractivity contribution in [2.45, 2.75) is 31.3 Å². The number of nitriles is 1. The number of pyridine rings is 1. The van der Waals surface area contributed by atoms with E-state index >= 15 is 0 Å². The van der Waals surface area contributed by atoms with Crippen LogP contribution >= 0.6 is 22.9 Å². The zero-order valence-electron chi connectivity index (χ0n) is 20.2. The first-order valence-corrected chi connectivity index (χ1v) is 13.5. The third-order valence-electron chi connectivity index (χ3n) is 4.72. The van der Waals surface area contributed by atoms with Crippen molar-refractivity contribution in [3.05, 3.63) is 70.8 Å². The number of ether oxygens (including phenoxy) is 2. The molecule has 1 amide bonds. The molecular formula is C24H19ClN6O5S2. The molecule has 1 aromatic carbocycles. The molecule has 3 heterocycles. The maximum Gasteiger partial charge on any atom is 0.430 e. The maximum absolute atomic E-state index is 13.6. The summed E-state index contributed by atoms with van der Waals surface area (Å²) in [4.78, 5) is 28.5. The van der Waals surface area contributed by atoms with Gasteiger partial charge in [0.25, 0.3) is 10.0 Å². The van der Waals surface area contributed by atoms with Crippen LogP contribution in [0.3, 0.4) is 0 Å². The van der Waals surface area contributed by atoms with Crippen molar-refractivity contribution in [3.63, 3.8) is 0 Å². The second-order valence-corrected chi connectivity index (χ2v) is 11.5. The van der Waals surface area contributed by atoms with Crippen LogP contribution < -0.4 is 9.04 Å². The van der Waals surface area contributed by atoms with Crippen LogP contribution in [0.25, 0.3) is 11.1 Å². The second-order valence-electron chi connectivity index (χ2n) is 8.60. The Morgan fingerprint density at radius 2 is 1.84 bits per heavy atom. The summed E-state index contributed by atoms with van der Waals surface area (Å²) in [5.41, 5.74) is 1.39. The molecule has 0 saturated heterocycles. The molecule has 0 spiro atoms. The standard InChI is InChI=1S/C24H19ClN6O5S2/c1-24(2,3)36-23(32)31(22-12-37-14-30-22)38(33,34)17-4-5-19(15(6-17)8-26)35-20-11-29-21(25)7-18(20)16-9-27-13-28-10-16/h4-7,9-14H,1-3H3. The molecule has 0 bridgehead atoms.